The molecule has 0 aromatic heterocycles. The second-order valence-electron chi connectivity index (χ2n) is 4.63. The zero-order valence-corrected chi connectivity index (χ0v) is 10.4. The Kier molecular flexibility index (Phi) is 4.79. The standard InChI is InChI=1S/C13H21NO2/c1-4-10-6-7-11(9(10)3)12(8-14)13(15)16-5-2/h9-12H,4-7H2,1-3H3. The number of nitriles is 1. The van der Waals surface area contributed by atoms with Gasteiger partial charge in [0, 0.05) is 0 Å². The molecule has 1 fully saturated rings. The lowest BCUT2D eigenvalue weighted by molar-refractivity contribution is -0.148. The monoisotopic (exact) mass is 223 g/mol. The molecule has 0 heterocycles. The Balaban J connectivity index is 2.68. The van der Waals surface area contributed by atoms with Crippen molar-refractivity contribution in [3.05, 3.63) is 0 Å². The average molecular weight is 223 g/mol. The third-order valence-electron chi connectivity index (χ3n) is 3.92. The van der Waals surface area contributed by atoms with Gasteiger partial charge in [-0.2, -0.15) is 5.26 Å². The van der Waals surface area contributed by atoms with Gasteiger partial charge in [-0.1, -0.05) is 20.3 Å². The topological polar surface area (TPSA) is 50.1 Å². The highest BCUT2D eigenvalue weighted by Gasteiger charge is 2.40. The molecule has 1 rings (SSSR count). The molecule has 4 unspecified atom stereocenters. The minimum atomic E-state index is -0.563. The van der Waals surface area contributed by atoms with E-state index in [1.807, 2.05) is 0 Å². The van der Waals surface area contributed by atoms with Crippen molar-refractivity contribution < 1.29 is 9.53 Å². The van der Waals surface area contributed by atoms with Gasteiger partial charge in [-0.05, 0) is 37.5 Å². The fraction of sp³-hybridized carbons (Fsp3) is 0.846. The van der Waals surface area contributed by atoms with Crippen LogP contribution in [0.3, 0.4) is 0 Å². The van der Waals surface area contributed by atoms with E-state index in [1.54, 1.807) is 6.92 Å². The Bertz CT molecular complexity index is 282. The van der Waals surface area contributed by atoms with Crippen LogP contribution >= 0.6 is 0 Å². The lowest BCUT2D eigenvalue weighted by Gasteiger charge is -2.22. The summed E-state index contributed by atoms with van der Waals surface area (Å²) >= 11 is 0. The molecule has 0 amide bonds. The third kappa shape index (κ3) is 2.55. The van der Waals surface area contributed by atoms with Crippen LogP contribution in [-0.2, 0) is 9.53 Å². The van der Waals surface area contributed by atoms with Crippen LogP contribution in [0.4, 0.5) is 0 Å². The number of rotatable bonds is 4. The van der Waals surface area contributed by atoms with E-state index in [0.717, 1.165) is 19.3 Å². The van der Waals surface area contributed by atoms with E-state index in [4.69, 9.17) is 10.00 Å². The molecule has 0 N–H and O–H groups in total. The summed E-state index contributed by atoms with van der Waals surface area (Å²) in [6.45, 7) is 6.47. The molecule has 4 atom stereocenters. The van der Waals surface area contributed by atoms with Crippen LogP contribution in [0.5, 0.6) is 0 Å². The Labute approximate surface area is 97.8 Å². The minimum absolute atomic E-state index is 0.189. The van der Waals surface area contributed by atoms with Gasteiger partial charge in [-0.25, -0.2) is 0 Å². The molecular formula is C13H21NO2. The van der Waals surface area contributed by atoms with Crippen LogP contribution in [0.15, 0.2) is 0 Å². The molecule has 90 valence electrons. The summed E-state index contributed by atoms with van der Waals surface area (Å²) in [5.41, 5.74) is 0. The van der Waals surface area contributed by atoms with Crippen LogP contribution < -0.4 is 0 Å². The fourth-order valence-electron chi connectivity index (χ4n) is 2.88. The summed E-state index contributed by atoms with van der Waals surface area (Å²) in [5, 5.41) is 9.11. The van der Waals surface area contributed by atoms with Crippen LogP contribution in [0.2, 0.25) is 0 Å². The average Bonchev–Trinajstić information content (AvgIpc) is 2.62. The number of carbonyl (C=O) groups is 1. The third-order valence-corrected chi connectivity index (χ3v) is 3.92. The molecule has 0 aromatic carbocycles. The van der Waals surface area contributed by atoms with E-state index in [1.165, 1.54) is 0 Å². The number of esters is 1. The van der Waals surface area contributed by atoms with E-state index < -0.39 is 5.92 Å². The van der Waals surface area contributed by atoms with Crippen molar-refractivity contribution in [3.63, 3.8) is 0 Å². The maximum Gasteiger partial charge on any atom is 0.323 e. The van der Waals surface area contributed by atoms with E-state index >= 15 is 0 Å². The summed E-state index contributed by atoms with van der Waals surface area (Å²) in [7, 11) is 0. The normalized spacial score (nSPS) is 30.8. The maximum atomic E-state index is 11.7. The number of nitrogens with zero attached hydrogens (tertiary/aromatic N) is 1. The first-order valence-corrected chi connectivity index (χ1v) is 6.21. The SMILES string of the molecule is CCOC(=O)C(C#N)C1CCC(CC)C1C. The molecule has 1 saturated carbocycles. The Morgan fingerprint density at radius 1 is 1.50 bits per heavy atom. The molecule has 0 aliphatic heterocycles. The summed E-state index contributed by atoms with van der Waals surface area (Å²) in [4.78, 5) is 11.7. The summed E-state index contributed by atoms with van der Waals surface area (Å²) < 4.78 is 4.96. The van der Waals surface area contributed by atoms with Crippen molar-refractivity contribution >= 4 is 5.97 Å². The first-order valence-electron chi connectivity index (χ1n) is 6.21. The number of ether oxygens (including phenoxy) is 1. The van der Waals surface area contributed by atoms with Crippen molar-refractivity contribution in [2.45, 2.75) is 40.0 Å². The van der Waals surface area contributed by atoms with E-state index in [2.05, 4.69) is 19.9 Å². The number of hydrogen-bond donors (Lipinski definition) is 0. The van der Waals surface area contributed by atoms with Gasteiger partial charge in [-0.3, -0.25) is 4.79 Å². The highest BCUT2D eigenvalue weighted by atomic mass is 16.5. The minimum Gasteiger partial charge on any atom is -0.465 e. The number of carbonyl (C=O) groups excluding carboxylic acids is 1. The summed E-state index contributed by atoms with van der Waals surface area (Å²) in [6, 6.07) is 2.13. The Morgan fingerprint density at radius 3 is 2.62 bits per heavy atom. The largest absolute Gasteiger partial charge is 0.465 e. The van der Waals surface area contributed by atoms with Gasteiger partial charge >= 0.3 is 5.97 Å². The van der Waals surface area contributed by atoms with E-state index in [0.29, 0.717) is 18.4 Å². The van der Waals surface area contributed by atoms with Crippen molar-refractivity contribution in [3.8, 4) is 6.07 Å². The van der Waals surface area contributed by atoms with E-state index in [-0.39, 0.29) is 11.9 Å². The zero-order chi connectivity index (χ0) is 12.1. The Hall–Kier alpha value is -1.04. The predicted octanol–water partition coefficient (Wildman–Crippen LogP) is 2.76. The molecule has 0 aromatic rings. The first-order chi connectivity index (χ1) is 7.65. The number of hydrogen-bond acceptors (Lipinski definition) is 3. The van der Waals surface area contributed by atoms with Crippen molar-refractivity contribution in [1.82, 2.24) is 0 Å². The maximum absolute atomic E-state index is 11.7. The molecule has 3 heteroatoms. The Morgan fingerprint density at radius 2 is 2.19 bits per heavy atom. The van der Waals surface area contributed by atoms with Crippen LogP contribution in [0.1, 0.15) is 40.0 Å². The lowest BCUT2D eigenvalue weighted by atomic mass is 9.82. The van der Waals surface area contributed by atoms with Crippen molar-refractivity contribution in [2.24, 2.45) is 23.7 Å². The molecular weight excluding hydrogens is 202 g/mol. The molecule has 0 radical (unpaired) electrons. The second kappa shape index (κ2) is 5.89. The molecule has 1 aliphatic rings. The van der Waals surface area contributed by atoms with Gasteiger partial charge in [0.05, 0.1) is 12.7 Å². The fourth-order valence-corrected chi connectivity index (χ4v) is 2.88. The second-order valence-corrected chi connectivity index (χ2v) is 4.63. The highest BCUT2D eigenvalue weighted by molar-refractivity contribution is 5.75. The lowest BCUT2D eigenvalue weighted by Crippen LogP contribution is -2.27. The summed E-state index contributed by atoms with van der Waals surface area (Å²) in [5.74, 6) is 0.411. The molecule has 0 spiro atoms. The van der Waals surface area contributed by atoms with Gasteiger partial charge in [0.15, 0.2) is 0 Å². The predicted molar refractivity (Wildman–Crippen MR) is 61.4 cm³/mol. The van der Waals surface area contributed by atoms with Gasteiger partial charge < -0.3 is 4.74 Å². The quantitative estimate of drug-likeness (QED) is 0.688. The smallest absolute Gasteiger partial charge is 0.323 e. The highest BCUT2D eigenvalue weighted by Crippen LogP contribution is 2.42. The molecule has 3 nitrogen and oxygen atoms in total. The van der Waals surface area contributed by atoms with Gasteiger partial charge in [0.2, 0.25) is 0 Å². The molecule has 1 aliphatic carbocycles. The molecule has 0 saturated heterocycles. The first kappa shape index (κ1) is 13.0. The van der Waals surface area contributed by atoms with Crippen LogP contribution in [-0.4, -0.2) is 12.6 Å². The van der Waals surface area contributed by atoms with Gasteiger partial charge in [0.25, 0.3) is 0 Å². The van der Waals surface area contributed by atoms with Gasteiger partial charge in [0.1, 0.15) is 5.92 Å². The van der Waals surface area contributed by atoms with Crippen molar-refractivity contribution in [1.29, 1.82) is 5.26 Å². The van der Waals surface area contributed by atoms with Crippen LogP contribution in [0, 0.1) is 35.0 Å². The molecule has 16 heavy (non-hydrogen) atoms. The van der Waals surface area contributed by atoms with Crippen LogP contribution in [0.25, 0.3) is 0 Å². The van der Waals surface area contributed by atoms with E-state index in [9.17, 15) is 4.79 Å². The molecule has 0 bridgehead atoms. The zero-order valence-electron chi connectivity index (χ0n) is 10.4. The van der Waals surface area contributed by atoms with Gasteiger partial charge in [-0.15, -0.1) is 0 Å². The summed E-state index contributed by atoms with van der Waals surface area (Å²) in [6.07, 6.45) is 3.26. The van der Waals surface area contributed by atoms with Crippen molar-refractivity contribution in [2.75, 3.05) is 6.61 Å².